The van der Waals surface area contributed by atoms with Crippen molar-refractivity contribution in [2.45, 2.75) is 63.6 Å². The highest BCUT2D eigenvalue weighted by molar-refractivity contribution is 7.91. The molecule has 1 saturated carbocycles. The lowest BCUT2D eigenvalue weighted by Crippen LogP contribution is -2.21. The number of imidazole rings is 1. The maximum atomic E-state index is 13.0. The lowest BCUT2D eigenvalue weighted by molar-refractivity contribution is 0.329. The van der Waals surface area contributed by atoms with Gasteiger partial charge in [0.25, 0.3) is 0 Å². The largest absolute Gasteiger partial charge is 0.316 e. The van der Waals surface area contributed by atoms with Crippen molar-refractivity contribution in [1.29, 1.82) is 0 Å². The SMILES string of the molecule is Cc1nc(S(=O)(=O)CCc2ccccc2)n(C2CCCCC2)c1C. The van der Waals surface area contributed by atoms with E-state index in [2.05, 4.69) is 4.98 Å². The molecule has 0 bridgehead atoms. The molecular weight excluding hydrogens is 320 g/mol. The minimum absolute atomic E-state index is 0.111. The van der Waals surface area contributed by atoms with Gasteiger partial charge in [0, 0.05) is 11.7 Å². The maximum absolute atomic E-state index is 13.0. The number of benzene rings is 1. The van der Waals surface area contributed by atoms with E-state index in [1.165, 1.54) is 19.3 Å². The molecule has 0 spiro atoms. The molecule has 1 aliphatic carbocycles. The minimum atomic E-state index is -3.39. The molecule has 0 unspecified atom stereocenters. The first-order valence-corrected chi connectivity index (χ1v) is 10.5. The Hall–Kier alpha value is -1.62. The topological polar surface area (TPSA) is 52.0 Å². The second-order valence-electron chi connectivity index (χ2n) is 6.78. The summed E-state index contributed by atoms with van der Waals surface area (Å²) >= 11 is 0. The summed E-state index contributed by atoms with van der Waals surface area (Å²) in [4.78, 5) is 4.44. The van der Waals surface area contributed by atoms with Crippen LogP contribution in [0.2, 0.25) is 0 Å². The normalized spacial score (nSPS) is 16.4. The molecule has 1 aromatic carbocycles. The number of aromatic nitrogens is 2. The van der Waals surface area contributed by atoms with Gasteiger partial charge in [0.1, 0.15) is 0 Å². The van der Waals surface area contributed by atoms with Gasteiger partial charge in [0.05, 0.1) is 11.4 Å². The van der Waals surface area contributed by atoms with Gasteiger partial charge in [-0.15, -0.1) is 0 Å². The fourth-order valence-electron chi connectivity index (χ4n) is 3.57. The van der Waals surface area contributed by atoms with E-state index >= 15 is 0 Å². The monoisotopic (exact) mass is 346 g/mol. The van der Waals surface area contributed by atoms with Crippen molar-refractivity contribution in [3.8, 4) is 0 Å². The summed E-state index contributed by atoms with van der Waals surface area (Å²) in [5.41, 5.74) is 2.88. The van der Waals surface area contributed by atoms with E-state index in [4.69, 9.17) is 0 Å². The standard InChI is InChI=1S/C19H26N2O2S/c1-15-16(2)21(18-11-7-4-8-12-18)19(20-15)24(22,23)14-13-17-9-5-3-6-10-17/h3,5-6,9-10,18H,4,7-8,11-14H2,1-2H3. The van der Waals surface area contributed by atoms with Crippen molar-refractivity contribution in [3.63, 3.8) is 0 Å². The van der Waals surface area contributed by atoms with Crippen LogP contribution in [0.3, 0.4) is 0 Å². The van der Waals surface area contributed by atoms with Crippen LogP contribution in [0.15, 0.2) is 35.5 Å². The molecule has 0 aliphatic heterocycles. The molecule has 4 nitrogen and oxygen atoms in total. The van der Waals surface area contributed by atoms with E-state index in [1.807, 2.05) is 48.7 Å². The zero-order valence-corrected chi connectivity index (χ0v) is 15.3. The summed E-state index contributed by atoms with van der Waals surface area (Å²) < 4.78 is 27.9. The molecule has 1 fully saturated rings. The molecule has 0 saturated heterocycles. The van der Waals surface area contributed by atoms with Crippen LogP contribution in [-0.2, 0) is 16.3 Å². The summed E-state index contributed by atoms with van der Waals surface area (Å²) in [6.45, 7) is 3.90. The highest BCUT2D eigenvalue weighted by atomic mass is 32.2. The Labute approximate surface area is 144 Å². The third-order valence-electron chi connectivity index (χ3n) is 5.07. The second kappa shape index (κ2) is 7.09. The summed E-state index contributed by atoms with van der Waals surface area (Å²) in [6, 6.07) is 10.1. The first-order chi connectivity index (χ1) is 11.5. The Morgan fingerprint density at radius 1 is 1.08 bits per heavy atom. The molecule has 2 aromatic rings. The van der Waals surface area contributed by atoms with E-state index in [1.54, 1.807) is 0 Å². The molecule has 1 heterocycles. The predicted molar refractivity (Wildman–Crippen MR) is 96.0 cm³/mol. The zero-order valence-electron chi connectivity index (χ0n) is 14.5. The Morgan fingerprint density at radius 3 is 2.42 bits per heavy atom. The molecule has 0 atom stereocenters. The Morgan fingerprint density at radius 2 is 1.75 bits per heavy atom. The third-order valence-corrected chi connectivity index (χ3v) is 6.66. The van der Waals surface area contributed by atoms with Gasteiger partial charge in [0.2, 0.25) is 15.0 Å². The van der Waals surface area contributed by atoms with E-state index in [9.17, 15) is 8.42 Å². The highest BCUT2D eigenvalue weighted by Crippen LogP contribution is 2.32. The summed E-state index contributed by atoms with van der Waals surface area (Å²) in [5, 5.41) is 0.278. The number of hydrogen-bond acceptors (Lipinski definition) is 3. The maximum Gasteiger partial charge on any atom is 0.228 e. The zero-order chi connectivity index (χ0) is 17.2. The molecule has 0 N–H and O–H groups in total. The summed E-state index contributed by atoms with van der Waals surface area (Å²) in [6.07, 6.45) is 6.23. The van der Waals surface area contributed by atoms with Crippen molar-refractivity contribution in [3.05, 3.63) is 47.3 Å². The van der Waals surface area contributed by atoms with Crippen LogP contribution in [0.25, 0.3) is 0 Å². The lowest BCUT2D eigenvalue weighted by Gasteiger charge is -2.26. The van der Waals surface area contributed by atoms with E-state index in [-0.39, 0.29) is 17.0 Å². The quantitative estimate of drug-likeness (QED) is 0.821. The van der Waals surface area contributed by atoms with Gasteiger partial charge in [-0.1, -0.05) is 49.6 Å². The van der Waals surface area contributed by atoms with Crippen molar-refractivity contribution in [2.75, 3.05) is 5.75 Å². The number of nitrogens with zero attached hydrogens (tertiary/aromatic N) is 2. The highest BCUT2D eigenvalue weighted by Gasteiger charge is 2.28. The molecule has 24 heavy (non-hydrogen) atoms. The Bertz CT molecular complexity index is 788. The fourth-order valence-corrected chi connectivity index (χ4v) is 5.12. The van der Waals surface area contributed by atoms with Crippen LogP contribution < -0.4 is 0 Å². The smallest absolute Gasteiger partial charge is 0.228 e. The van der Waals surface area contributed by atoms with Gasteiger partial charge in [-0.3, -0.25) is 0 Å². The molecule has 1 aromatic heterocycles. The molecule has 130 valence electrons. The van der Waals surface area contributed by atoms with E-state index in [0.717, 1.165) is 29.8 Å². The van der Waals surface area contributed by atoms with Crippen molar-refractivity contribution in [2.24, 2.45) is 0 Å². The predicted octanol–water partition coefficient (Wildman–Crippen LogP) is 4.02. The molecular formula is C19H26N2O2S. The number of sulfone groups is 1. The van der Waals surface area contributed by atoms with Crippen molar-refractivity contribution in [1.82, 2.24) is 9.55 Å². The Kier molecular flexibility index (Phi) is 5.09. The van der Waals surface area contributed by atoms with E-state index in [0.29, 0.717) is 6.42 Å². The first kappa shape index (κ1) is 17.2. The fraction of sp³-hybridized carbons (Fsp3) is 0.526. The van der Waals surface area contributed by atoms with Crippen molar-refractivity contribution >= 4 is 9.84 Å². The summed E-state index contributed by atoms with van der Waals surface area (Å²) in [7, 11) is -3.39. The van der Waals surface area contributed by atoms with Gasteiger partial charge >= 0.3 is 0 Å². The van der Waals surface area contributed by atoms with E-state index < -0.39 is 9.84 Å². The van der Waals surface area contributed by atoms with Crippen LogP contribution >= 0.6 is 0 Å². The second-order valence-corrected chi connectivity index (χ2v) is 8.78. The van der Waals surface area contributed by atoms with Crippen LogP contribution in [0.5, 0.6) is 0 Å². The van der Waals surface area contributed by atoms with Crippen LogP contribution in [0.4, 0.5) is 0 Å². The van der Waals surface area contributed by atoms with Crippen LogP contribution in [0.1, 0.15) is 55.1 Å². The van der Waals surface area contributed by atoms with Gasteiger partial charge in [0.15, 0.2) is 0 Å². The van der Waals surface area contributed by atoms with Gasteiger partial charge in [-0.05, 0) is 38.7 Å². The summed E-state index contributed by atoms with van der Waals surface area (Å²) in [5.74, 6) is 0.111. The average molecular weight is 346 g/mol. The van der Waals surface area contributed by atoms with Crippen LogP contribution in [-0.4, -0.2) is 23.7 Å². The average Bonchev–Trinajstić information content (AvgIpc) is 2.91. The first-order valence-electron chi connectivity index (χ1n) is 8.81. The van der Waals surface area contributed by atoms with Gasteiger partial charge in [-0.2, -0.15) is 0 Å². The number of rotatable bonds is 5. The number of aryl methyl sites for hydroxylation is 2. The van der Waals surface area contributed by atoms with Gasteiger partial charge in [-0.25, -0.2) is 13.4 Å². The van der Waals surface area contributed by atoms with Crippen LogP contribution in [0, 0.1) is 13.8 Å². The molecule has 5 heteroatoms. The minimum Gasteiger partial charge on any atom is -0.316 e. The van der Waals surface area contributed by atoms with Gasteiger partial charge < -0.3 is 4.57 Å². The molecule has 0 amide bonds. The molecule has 3 rings (SSSR count). The lowest BCUT2D eigenvalue weighted by atomic mass is 9.95. The molecule has 0 radical (unpaired) electrons. The third kappa shape index (κ3) is 3.56. The Balaban J connectivity index is 1.88. The molecule has 1 aliphatic rings. The van der Waals surface area contributed by atoms with Crippen molar-refractivity contribution < 1.29 is 8.42 Å². The number of hydrogen-bond donors (Lipinski definition) is 0.